The van der Waals surface area contributed by atoms with Crippen LogP contribution in [0.5, 0.6) is 0 Å². The number of aliphatic hydroxyl groups is 1. The van der Waals surface area contributed by atoms with E-state index in [-0.39, 0.29) is 25.7 Å². The van der Waals surface area contributed by atoms with Gasteiger partial charge >= 0.3 is 39.5 Å². The van der Waals surface area contributed by atoms with E-state index in [1.165, 1.54) is 173 Å². The van der Waals surface area contributed by atoms with Crippen molar-refractivity contribution in [3.8, 4) is 0 Å². The van der Waals surface area contributed by atoms with Gasteiger partial charge < -0.3 is 33.8 Å². The Labute approximate surface area is 556 Å². The molecule has 2 unspecified atom stereocenters. The standard InChI is InChI=1S/C72H140O17P2/c1-7-9-11-13-15-16-17-27-30-37-43-49-55-70(75)83-61-68(88-71(76)56-50-44-38-31-28-25-23-21-19-18-20-22-24-26-29-35-40-46-52-64(3)4)63-87-91(80,81)85-59-66(73)58-84-90(78,79)86-62-67(60-82-69(74)54-48-42-34-14-12-10-8-2)89-72(77)57-51-45-39-33-32-36-41-47-53-65(5)6/h64-68,73H,7-63H2,1-6H3,(H,78,79)(H,80,81)/t66-,67+,68+/m0/s1. The summed E-state index contributed by atoms with van der Waals surface area (Å²) in [6.07, 6.45) is 50.2. The molecule has 5 atom stereocenters. The molecular weight excluding hydrogens is 1200 g/mol. The van der Waals surface area contributed by atoms with Crippen molar-refractivity contribution in [3.63, 3.8) is 0 Å². The zero-order chi connectivity index (χ0) is 67.2. The third kappa shape index (κ3) is 66.5. The number of ether oxygens (including phenoxy) is 4. The number of hydrogen-bond donors (Lipinski definition) is 3. The van der Waals surface area contributed by atoms with E-state index in [1.54, 1.807) is 0 Å². The number of carbonyl (C=O) groups excluding carboxylic acids is 4. The Hall–Kier alpha value is -1.94. The first-order valence-electron chi connectivity index (χ1n) is 37.5. The number of rotatable bonds is 71. The molecule has 0 rings (SSSR count). The molecule has 17 nitrogen and oxygen atoms in total. The summed E-state index contributed by atoms with van der Waals surface area (Å²) in [5.74, 6) is -0.588. The minimum absolute atomic E-state index is 0.104. The number of unbranched alkanes of at least 4 members (excludes halogenated alkanes) is 41. The van der Waals surface area contributed by atoms with Crippen molar-refractivity contribution in [1.82, 2.24) is 0 Å². The fraction of sp³-hybridized carbons (Fsp3) is 0.944. The summed E-state index contributed by atoms with van der Waals surface area (Å²) >= 11 is 0. The highest BCUT2D eigenvalue weighted by atomic mass is 31.2. The Morgan fingerprint density at radius 1 is 0.297 bits per heavy atom. The molecule has 91 heavy (non-hydrogen) atoms. The molecule has 19 heteroatoms. The third-order valence-electron chi connectivity index (χ3n) is 16.7. The molecule has 0 saturated carbocycles. The highest BCUT2D eigenvalue weighted by Gasteiger charge is 2.30. The second kappa shape index (κ2) is 64.1. The second-order valence-electron chi connectivity index (χ2n) is 26.9. The number of hydrogen-bond acceptors (Lipinski definition) is 15. The smallest absolute Gasteiger partial charge is 0.462 e. The van der Waals surface area contributed by atoms with Crippen molar-refractivity contribution < 1.29 is 80.2 Å². The van der Waals surface area contributed by atoms with Gasteiger partial charge in [-0.1, -0.05) is 318 Å². The van der Waals surface area contributed by atoms with E-state index >= 15 is 0 Å². The van der Waals surface area contributed by atoms with Crippen LogP contribution in [0.25, 0.3) is 0 Å². The lowest BCUT2D eigenvalue weighted by atomic mass is 10.0. The van der Waals surface area contributed by atoms with Crippen molar-refractivity contribution in [2.75, 3.05) is 39.6 Å². The second-order valence-corrected chi connectivity index (χ2v) is 29.8. The maximum Gasteiger partial charge on any atom is 0.472 e. The molecule has 540 valence electrons. The number of phosphoric ester groups is 2. The highest BCUT2D eigenvalue weighted by Crippen LogP contribution is 2.45. The van der Waals surface area contributed by atoms with E-state index in [9.17, 15) is 43.2 Å². The van der Waals surface area contributed by atoms with Crippen LogP contribution >= 0.6 is 15.6 Å². The van der Waals surface area contributed by atoms with Gasteiger partial charge in [-0.15, -0.1) is 0 Å². The zero-order valence-corrected chi connectivity index (χ0v) is 60.9. The van der Waals surface area contributed by atoms with Gasteiger partial charge in [-0.3, -0.25) is 37.3 Å². The van der Waals surface area contributed by atoms with E-state index < -0.39 is 97.5 Å². The van der Waals surface area contributed by atoms with Crippen LogP contribution in [0.2, 0.25) is 0 Å². The minimum atomic E-state index is -4.95. The first-order chi connectivity index (χ1) is 43.9. The van der Waals surface area contributed by atoms with Crippen molar-refractivity contribution in [2.45, 2.75) is 387 Å². The van der Waals surface area contributed by atoms with Crippen molar-refractivity contribution in [3.05, 3.63) is 0 Å². The molecular formula is C72H140O17P2. The molecule has 3 N–H and O–H groups in total. The summed E-state index contributed by atoms with van der Waals surface area (Å²) in [6, 6.07) is 0. The van der Waals surface area contributed by atoms with Gasteiger partial charge in [0.1, 0.15) is 19.3 Å². The molecule has 0 fully saturated rings. The normalized spacial score (nSPS) is 14.1. The van der Waals surface area contributed by atoms with Crippen LogP contribution in [-0.2, 0) is 65.4 Å². The van der Waals surface area contributed by atoms with Crippen molar-refractivity contribution in [2.24, 2.45) is 11.8 Å². The van der Waals surface area contributed by atoms with Gasteiger partial charge in [-0.05, 0) is 37.5 Å². The predicted octanol–water partition coefficient (Wildman–Crippen LogP) is 20.8. The van der Waals surface area contributed by atoms with Gasteiger partial charge in [0.25, 0.3) is 0 Å². The van der Waals surface area contributed by atoms with Gasteiger partial charge in [0.2, 0.25) is 0 Å². The largest absolute Gasteiger partial charge is 0.472 e. The summed E-state index contributed by atoms with van der Waals surface area (Å²) < 4.78 is 68.2. The first-order valence-corrected chi connectivity index (χ1v) is 40.5. The first kappa shape index (κ1) is 89.1. The quantitative estimate of drug-likeness (QED) is 0.0222. The van der Waals surface area contributed by atoms with E-state index in [0.717, 1.165) is 115 Å². The Kier molecular flexibility index (Phi) is 62.7. The van der Waals surface area contributed by atoms with Gasteiger partial charge in [0.05, 0.1) is 26.4 Å². The van der Waals surface area contributed by atoms with Crippen LogP contribution in [0.15, 0.2) is 0 Å². The van der Waals surface area contributed by atoms with Crippen LogP contribution in [0.4, 0.5) is 0 Å². The molecule has 0 aromatic heterocycles. The predicted molar refractivity (Wildman–Crippen MR) is 368 cm³/mol. The molecule has 0 radical (unpaired) electrons. The molecule has 0 spiro atoms. The summed E-state index contributed by atoms with van der Waals surface area (Å²) in [6.45, 7) is 9.51. The summed E-state index contributed by atoms with van der Waals surface area (Å²) in [5, 5.41) is 10.6. The molecule has 0 bridgehead atoms. The lowest BCUT2D eigenvalue weighted by Crippen LogP contribution is -2.30. The molecule has 0 aliphatic rings. The molecule has 0 heterocycles. The summed E-state index contributed by atoms with van der Waals surface area (Å²) in [5.41, 5.74) is 0. The van der Waals surface area contributed by atoms with Gasteiger partial charge in [-0.25, -0.2) is 9.13 Å². The average Bonchev–Trinajstić information content (AvgIpc) is 3.16. The van der Waals surface area contributed by atoms with Crippen LogP contribution < -0.4 is 0 Å². The molecule has 0 aromatic carbocycles. The zero-order valence-electron chi connectivity index (χ0n) is 59.1. The van der Waals surface area contributed by atoms with Crippen LogP contribution in [-0.4, -0.2) is 96.7 Å². The van der Waals surface area contributed by atoms with E-state index in [4.69, 9.17) is 37.0 Å². The van der Waals surface area contributed by atoms with E-state index in [0.29, 0.717) is 25.7 Å². The monoisotopic (exact) mass is 1340 g/mol. The fourth-order valence-corrected chi connectivity index (χ4v) is 12.5. The van der Waals surface area contributed by atoms with Gasteiger partial charge in [-0.2, -0.15) is 0 Å². The topological polar surface area (TPSA) is 237 Å². The fourth-order valence-electron chi connectivity index (χ4n) is 10.9. The molecule has 0 saturated heterocycles. The molecule has 0 aromatic rings. The average molecular weight is 1340 g/mol. The maximum atomic E-state index is 13.0. The molecule has 0 aliphatic heterocycles. The van der Waals surface area contributed by atoms with Gasteiger partial charge in [0, 0.05) is 25.7 Å². The minimum Gasteiger partial charge on any atom is -0.462 e. The Bertz CT molecular complexity index is 1770. The van der Waals surface area contributed by atoms with E-state index in [1.807, 2.05) is 0 Å². The Balaban J connectivity index is 5.14. The summed E-state index contributed by atoms with van der Waals surface area (Å²) in [4.78, 5) is 72.4. The maximum absolute atomic E-state index is 13.0. The SMILES string of the molecule is CCCCCCCCCCCCCCC(=O)OC[C@H](COP(=O)(O)OC[C@@H](O)COP(=O)(O)OC[C@@H](COC(=O)CCCCCCCCC)OC(=O)CCCCCCCCCCC(C)C)OC(=O)CCCCCCCCCCCCCCCCCCCCC(C)C. The molecule has 0 aliphatic carbocycles. The Morgan fingerprint density at radius 2 is 0.505 bits per heavy atom. The highest BCUT2D eigenvalue weighted by molar-refractivity contribution is 7.47. The molecule has 0 amide bonds. The lowest BCUT2D eigenvalue weighted by Gasteiger charge is -2.21. The van der Waals surface area contributed by atoms with Gasteiger partial charge in [0.15, 0.2) is 12.2 Å². The van der Waals surface area contributed by atoms with E-state index in [2.05, 4.69) is 41.5 Å². The van der Waals surface area contributed by atoms with Crippen LogP contribution in [0, 0.1) is 11.8 Å². The number of carbonyl (C=O) groups is 4. The summed E-state index contributed by atoms with van der Waals surface area (Å²) in [7, 11) is -9.90. The van der Waals surface area contributed by atoms with Crippen molar-refractivity contribution >= 4 is 39.5 Å². The third-order valence-corrected chi connectivity index (χ3v) is 18.6. The van der Waals surface area contributed by atoms with Crippen molar-refractivity contribution in [1.29, 1.82) is 0 Å². The lowest BCUT2D eigenvalue weighted by molar-refractivity contribution is -0.161. The Morgan fingerprint density at radius 3 is 0.747 bits per heavy atom. The number of esters is 4. The number of phosphoric acid groups is 2. The number of aliphatic hydroxyl groups excluding tert-OH is 1. The van der Waals surface area contributed by atoms with Crippen LogP contribution in [0.1, 0.15) is 369 Å². The van der Waals surface area contributed by atoms with Crippen LogP contribution in [0.3, 0.4) is 0 Å².